The molecule has 0 unspecified atom stereocenters. The molecule has 1 aliphatic heterocycles. The topological polar surface area (TPSA) is 129 Å². The summed E-state index contributed by atoms with van der Waals surface area (Å²) in [7, 11) is 0. The molecule has 1 aromatic heterocycles. The summed E-state index contributed by atoms with van der Waals surface area (Å²) in [5.41, 5.74) is 0.657. The number of hydrogen-bond acceptors (Lipinski definition) is 6. The third kappa shape index (κ3) is 5.56. The average molecular weight is 505 g/mol. The van der Waals surface area contributed by atoms with Gasteiger partial charge in [0.15, 0.2) is 10.8 Å². The van der Waals surface area contributed by atoms with Crippen LogP contribution in [0, 0.1) is 5.92 Å². The molecule has 0 bridgehead atoms. The highest BCUT2D eigenvalue weighted by atomic mass is 35.5. The molecule has 2 fully saturated rings. The zero-order chi connectivity index (χ0) is 24.2. The Morgan fingerprint density at radius 1 is 1.21 bits per heavy atom. The van der Waals surface area contributed by atoms with E-state index in [0.717, 1.165) is 53.9 Å². The molecule has 1 aromatic carbocycles. The molecule has 1 aliphatic carbocycles. The monoisotopic (exact) mass is 504 g/mol. The quantitative estimate of drug-likeness (QED) is 0.467. The van der Waals surface area contributed by atoms with Crippen molar-refractivity contribution < 1.29 is 24.3 Å². The fourth-order valence-electron chi connectivity index (χ4n) is 4.52. The minimum absolute atomic E-state index is 0.112. The lowest BCUT2D eigenvalue weighted by Gasteiger charge is -2.30. The number of urea groups is 1. The molecule has 0 radical (unpaired) electrons. The molecule has 4 rings (SSSR count). The van der Waals surface area contributed by atoms with E-state index in [4.69, 9.17) is 16.7 Å². The van der Waals surface area contributed by atoms with E-state index >= 15 is 0 Å². The number of carboxylic acids is 1. The predicted molar refractivity (Wildman–Crippen MR) is 127 cm³/mol. The van der Waals surface area contributed by atoms with Gasteiger partial charge in [0.05, 0.1) is 0 Å². The van der Waals surface area contributed by atoms with Gasteiger partial charge in [-0.25, -0.2) is 19.5 Å². The molecule has 3 N–H and O–H groups in total. The number of anilines is 1. The largest absolute Gasteiger partial charge is 0.476 e. The zero-order valence-electron chi connectivity index (χ0n) is 18.3. The van der Waals surface area contributed by atoms with E-state index in [2.05, 4.69) is 15.6 Å². The molecule has 180 valence electrons. The Morgan fingerprint density at radius 3 is 2.56 bits per heavy atom. The second-order valence-corrected chi connectivity index (χ2v) is 9.92. The third-order valence-corrected chi connectivity index (χ3v) is 7.26. The first-order valence-electron chi connectivity index (χ1n) is 11.2. The number of carbonyl (C=O) groups is 4. The van der Waals surface area contributed by atoms with E-state index < -0.39 is 35.9 Å². The van der Waals surface area contributed by atoms with E-state index in [0.29, 0.717) is 11.4 Å². The summed E-state index contributed by atoms with van der Waals surface area (Å²) >= 11 is 6.91. The second kappa shape index (κ2) is 10.5. The molecular formula is C23H25ClN4O5S. The fraction of sp³-hybridized carbons (Fsp3) is 0.435. The SMILES string of the molecule is O=C(O)c1csc(NC(=O)[C@H](CC2CCCCC2)N2C(=O)N[C@H](Cc3ccc(Cl)cc3)C2=O)n1. The van der Waals surface area contributed by atoms with Crippen LogP contribution in [0.2, 0.25) is 5.02 Å². The van der Waals surface area contributed by atoms with Crippen LogP contribution in [-0.2, 0) is 16.0 Å². The first kappa shape index (κ1) is 24.2. The van der Waals surface area contributed by atoms with Crippen LogP contribution in [0.3, 0.4) is 0 Å². The van der Waals surface area contributed by atoms with Crippen molar-refractivity contribution >= 4 is 51.9 Å². The van der Waals surface area contributed by atoms with Crippen LogP contribution in [0.4, 0.5) is 9.93 Å². The molecule has 2 heterocycles. The van der Waals surface area contributed by atoms with E-state index in [1.54, 1.807) is 24.3 Å². The Hall–Kier alpha value is -2.98. The number of amides is 4. The minimum Gasteiger partial charge on any atom is -0.476 e. The summed E-state index contributed by atoms with van der Waals surface area (Å²) in [5, 5.41) is 16.4. The van der Waals surface area contributed by atoms with Crippen molar-refractivity contribution in [2.75, 3.05) is 5.32 Å². The number of aromatic carboxylic acids is 1. The molecule has 2 atom stereocenters. The van der Waals surface area contributed by atoms with Crippen LogP contribution in [0.1, 0.15) is 54.6 Å². The summed E-state index contributed by atoms with van der Waals surface area (Å²) in [5.74, 6) is -1.99. The number of thiazole rings is 1. The molecule has 4 amide bonds. The summed E-state index contributed by atoms with van der Waals surface area (Å²) < 4.78 is 0. The summed E-state index contributed by atoms with van der Waals surface area (Å²) in [6.45, 7) is 0. The average Bonchev–Trinajstić information content (AvgIpc) is 3.39. The van der Waals surface area contributed by atoms with Gasteiger partial charge in [0, 0.05) is 16.8 Å². The smallest absolute Gasteiger partial charge is 0.355 e. The lowest BCUT2D eigenvalue weighted by molar-refractivity contribution is -0.134. The normalized spacial score (nSPS) is 19.7. The van der Waals surface area contributed by atoms with Crippen LogP contribution in [0.15, 0.2) is 29.6 Å². The summed E-state index contributed by atoms with van der Waals surface area (Å²) in [6, 6.07) is 4.61. The Labute approximate surface area is 205 Å². The Morgan fingerprint density at radius 2 is 1.91 bits per heavy atom. The van der Waals surface area contributed by atoms with Gasteiger partial charge in [-0.15, -0.1) is 11.3 Å². The number of nitrogens with zero attached hydrogens (tertiary/aromatic N) is 2. The van der Waals surface area contributed by atoms with Crippen LogP contribution in [0.5, 0.6) is 0 Å². The van der Waals surface area contributed by atoms with Crippen molar-refractivity contribution in [3.05, 3.63) is 45.9 Å². The maximum Gasteiger partial charge on any atom is 0.355 e. The zero-order valence-corrected chi connectivity index (χ0v) is 19.9. The van der Waals surface area contributed by atoms with E-state index in [1.807, 2.05) is 0 Å². The van der Waals surface area contributed by atoms with Crippen LogP contribution >= 0.6 is 22.9 Å². The fourth-order valence-corrected chi connectivity index (χ4v) is 5.34. The third-order valence-electron chi connectivity index (χ3n) is 6.25. The number of hydrogen-bond donors (Lipinski definition) is 3. The number of benzene rings is 1. The van der Waals surface area contributed by atoms with Gasteiger partial charge in [-0.3, -0.25) is 9.59 Å². The lowest BCUT2D eigenvalue weighted by atomic mass is 9.84. The van der Waals surface area contributed by atoms with Gasteiger partial charge in [0.2, 0.25) is 5.91 Å². The van der Waals surface area contributed by atoms with Gasteiger partial charge in [0.25, 0.3) is 5.91 Å². The highest BCUT2D eigenvalue weighted by Crippen LogP contribution is 2.30. The first-order valence-corrected chi connectivity index (χ1v) is 12.5. The van der Waals surface area contributed by atoms with Crippen molar-refractivity contribution in [3.8, 4) is 0 Å². The van der Waals surface area contributed by atoms with Crippen LogP contribution in [0.25, 0.3) is 0 Å². The maximum atomic E-state index is 13.3. The van der Waals surface area contributed by atoms with Crippen molar-refractivity contribution in [2.45, 2.75) is 57.0 Å². The number of aromatic nitrogens is 1. The van der Waals surface area contributed by atoms with E-state index in [-0.39, 0.29) is 23.2 Å². The van der Waals surface area contributed by atoms with E-state index in [9.17, 15) is 19.2 Å². The molecule has 11 heteroatoms. The summed E-state index contributed by atoms with van der Waals surface area (Å²) in [4.78, 5) is 55.4. The second-order valence-electron chi connectivity index (χ2n) is 8.63. The van der Waals surface area contributed by atoms with Crippen molar-refractivity contribution in [1.29, 1.82) is 0 Å². The molecule has 2 aromatic rings. The first-order chi connectivity index (χ1) is 16.3. The number of imide groups is 1. The van der Waals surface area contributed by atoms with Crippen molar-refractivity contribution in [2.24, 2.45) is 5.92 Å². The van der Waals surface area contributed by atoms with Gasteiger partial charge in [-0.2, -0.15) is 0 Å². The molecule has 0 spiro atoms. The lowest BCUT2D eigenvalue weighted by Crippen LogP contribution is -2.49. The van der Waals surface area contributed by atoms with Gasteiger partial charge in [-0.05, 0) is 30.0 Å². The molecule has 34 heavy (non-hydrogen) atoms. The highest BCUT2D eigenvalue weighted by molar-refractivity contribution is 7.14. The molecule has 1 saturated carbocycles. The number of carbonyl (C=O) groups excluding carboxylic acids is 3. The number of nitrogens with one attached hydrogen (secondary N) is 2. The Balaban J connectivity index is 1.53. The van der Waals surface area contributed by atoms with Gasteiger partial charge in [-0.1, -0.05) is 55.8 Å². The number of rotatable bonds is 8. The van der Waals surface area contributed by atoms with Gasteiger partial charge >= 0.3 is 12.0 Å². The predicted octanol–water partition coefficient (Wildman–Crippen LogP) is 3.94. The van der Waals surface area contributed by atoms with Crippen molar-refractivity contribution in [1.82, 2.24) is 15.2 Å². The van der Waals surface area contributed by atoms with Crippen LogP contribution in [-0.4, -0.2) is 50.9 Å². The highest BCUT2D eigenvalue weighted by Gasteiger charge is 2.45. The maximum absolute atomic E-state index is 13.3. The Kier molecular flexibility index (Phi) is 7.47. The summed E-state index contributed by atoms with van der Waals surface area (Å²) in [6.07, 6.45) is 5.74. The van der Waals surface area contributed by atoms with Crippen molar-refractivity contribution in [3.63, 3.8) is 0 Å². The number of halogens is 1. The van der Waals surface area contributed by atoms with Gasteiger partial charge < -0.3 is 15.7 Å². The standard InChI is InChI=1S/C23H25ClN4O5S/c24-15-8-6-14(7-9-15)10-16-20(30)28(23(33)26-16)18(11-13-4-2-1-3-5-13)19(29)27-22-25-17(12-34-22)21(31)32/h6-9,12-13,16,18H,1-5,10-11H2,(H,26,33)(H,31,32)(H,25,27,29)/t16-,18+/m1/s1. The number of carboxylic acid groups (broad SMARTS) is 1. The Bertz CT molecular complexity index is 1080. The molecule has 1 saturated heterocycles. The molecule has 2 aliphatic rings. The minimum atomic E-state index is -1.20. The van der Waals surface area contributed by atoms with E-state index in [1.165, 1.54) is 5.38 Å². The molecular weight excluding hydrogens is 480 g/mol. The van der Waals surface area contributed by atoms with Crippen LogP contribution < -0.4 is 10.6 Å². The molecule has 9 nitrogen and oxygen atoms in total. The van der Waals surface area contributed by atoms with Gasteiger partial charge in [0.1, 0.15) is 12.1 Å².